The lowest BCUT2D eigenvalue weighted by Crippen LogP contribution is -2.30. The lowest BCUT2D eigenvalue weighted by Gasteiger charge is -2.17. The molecule has 21 heavy (non-hydrogen) atoms. The number of imidazole rings is 1. The number of anilines is 1. The molecule has 0 bridgehead atoms. The Bertz CT molecular complexity index is 690. The van der Waals surface area contributed by atoms with Crippen molar-refractivity contribution in [2.24, 2.45) is 0 Å². The maximum atomic E-state index is 9.40. The van der Waals surface area contributed by atoms with E-state index in [0.29, 0.717) is 22.8 Å². The Hall–Kier alpha value is -1.81. The fourth-order valence-corrected chi connectivity index (χ4v) is 2.89. The van der Waals surface area contributed by atoms with E-state index in [4.69, 9.17) is 19.9 Å². The first kappa shape index (κ1) is 12.9. The molecule has 9 nitrogen and oxygen atoms in total. The van der Waals surface area contributed by atoms with E-state index in [9.17, 15) is 5.11 Å². The van der Waals surface area contributed by atoms with Crippen LogP contribution in [0.3, 0.4) is 0 Å². The largest absolute Gasteiger partial charge is 0.394 e. The number of aliphatic hydroxyl groups is 1. The molecule has 2 aliphatic rings. The van der Waals surface area contributed by atoms with Crippen LogP contribution in [-0.4, -0.2) is 56.3 Å². The van der Waals surface area contributed by atoms with E-state index in [1.54, 1.807) is 17.8 Å². The number of aryl methyl sites for hydroxylation is 1. The van der Waals surface area contributed by atoms with Crippen molar-refractivity contribution in [1.82, 2.24) is 19.5 Å². The molecular weight excluding hydrogens is 278 g/mol. The van der Waals surface area contributed by atoms with Crippen LogP contribution in [0, 0.1) is 6.92 Å². The number of nitrogens with two attached hydrogens (primary N) is 1. The molecule has 112 valence electrons. The van der Waals surface area contributed by atoms with Gasteiger partial charge in [-0.05, 0) is 6.92 Å². The predicted molar refractivity (Wildman–Crippen MR) is 70.1 cm³/mol. The van der Waals surface area contributed by atoms with Crippen molar-refractivity contribution in [3.05, 3.63) is 12.2 Å². The molecule has 2 fully saturated rings. The molecule has 2 aliphatic heterocycles. The number of rotatable bonds is 2. The lowest BCUT2D eigenvalue weighted by atomic mass is 10.1. The van der Waals surface area contributed by atoms with Crippen molar-refractivity contribution in [1.29, 1.82) is 0 Å². The summed E-state index contributed by atoms with van der Waals surface area (Å²) < 4.78 is 18.6. The van der Waals surface area contributed by atoms with E-state index in [2.05, 4.69) is 15.0 Å². The fourth-order valence-electron chi connectivity index (χ4n) is 2.89. The van der Waals surface area contributed by atoms with Gasteiger partial charge in [-0.1, -0.05) is 0 Å². The van der Waals surface area contributed by atoms with Gasteiger partial charge < -0.3 is 25.1 Å². The van der Waals surface area contributed by atoms with E-state index < -0.39 is 12.3 Å². The van der Waals surface area contributed by atoms with Crippen molar-refractivity contribution >= 4 is 17.0 Å². The van der Waals surface area contributed by atoms with E-state index in [1.807, 2.05) is 0 Å². The number of ether oxygens (including phenoxy) is 3. The Morgan fingerprint density at radius 3 is 3.00 bits per heavy atom. The number of hydrogen-bond acceptors (Lipinski definition) is 8. The van der Waals surface area contributed by atoms with Crippen LogP contribution in [0.5, 0.6) is 0 Å². The standard InChI is InChI=1S/C12H15N5O4/c1-5-15-10(13)7-11(16-5)17(3-14-7)12-9-8(19-4-20-9)6(2-18)21-12/h3,6,8-9,12,18H,2,4H2,1H3,(H2,13,15,16)/t6?,8-,9-,12?/m1/s1. The predicted octanol–water partition coefficient (Wildman–Crippen LogP) is -0.652. The summed E-state index contributed by atoms with van der Waals surface area (Å²) in [5.74, 6) is 0.881. The highest BCUT2D eigenvalue weighted by Crippen LogP contribution is 2.38. The molecule has 2 saturated heterocycles. The van der Waals surface area contributed by atoms with Crippen molar-refractivity contribution in [3.8, 4) is 0 Å². The van der Waals surface area contributed by atoms with Gasteiger partial charge in [0.1, 0.15) is 36.4 Å². The third-order valence-electron chi connectivity index (χ3n) is 3.82. The van der Waals surface area contributed by atoms with Gasteiger partial charge in [-0.25, -0.2) is 15.0 Å². The smallest absolute Gasteiger partial charge is 0.167 e. The molecule has 0 aliphatic carbocycles. The monoisotopic (exact) mass is 293 g/mol. The van der Waals surface area contributed by atoms with E-state index in [-0.39, 0.29) is 25.6 Å². The zero-order valence-corrected chi connectivity index (χ0v) is 11.3. The van der Waals surface area contributed by atoms with Crippen LogP contribution in [0.15, 0.2) is 6.33 Å². The molecule has 4 rings (SSSR count). The lowest BCUT2D eigenvalue weighted by molar-refractivity contribution is -0.108. The molecule has 3 N–H and O–H groups in total. The van der Waals surface area contributed by atoms with E-state index >= 15 is 0 Å². The highest BCUT2D eigenvalue weighted by atomic mass is 16.7. The summed E-state index contributed by atoms with van der Waals surface area (Å²) in [6, 6.07) is 0. The normalized spacial score (nSPS) is 31.9. The van der Waals surface area contributed by atoms with Gasteiger partial charge in [-0.2, -0.15) is 0 Å². The first-order chi connectivity index (χ1) is 10.2. The third-order valence-corrected chi connectivity index (χ3v) is 3.82. The van der Waals surface area contributed by atoms with Crippen molar-refractivity contribution in [2.45, 2.75) is 31.5 Å². The summed E-state index contributed by atoms with van der Waals surface area (Å²) in [6.07, 6.45) is 0.0977. The summed E-state index contributed by atoms with van der Waals surface area (Å²) in [5.41, 5.74) is 6.97. The summed E-state index contributed by atoms with van der Waals surface area (Å²) >= 11 is 0. The van der Waals surface area contributed by atoms with Crippen molar-refractivity contribution in [2.75, 3.05) is 19.1 Å². The minimum atomic E-state index is -0.464. The zero-order valence-electron chi connectivity index (χ0n) is 11.3. The molecule has 2 aromatic heterocycles. The van der Waals surface area contributed by atoms with Crippen molar-refractivity contribution < 1.29 is 19.3 Å². The van der Waals surface area contributed by atoms with E-state index in [1.165, 1.54) is 0 Å². The molecule has 0 spiro atoms. The Balaban J connectivity index is 1.80. The third kappa shape index (κ3) is 1.82. The maximum Gasteiger partial charge on any atom is 0.167 e. The number of aliphatic hydroxyl groups excluding tert-OH is 1. The van der Waals surface area contributed by atoms with Crippen LogP contribution in [0.1, 0.15) is 12.1 Å². The van der Waals surface area contributed by atoms with Crippen molar-refractivity contribution in [3.63, 3.8) is 0 Å². The number of aromatic nitrogens is 4. The SMILES string of the molecule is Cc1nc(N)c2ncn(C3OC(CO)[C@H]4OCO[C@@H]34)c2n1. The fraction of sp³-hybridized carbons (Fsp3) is 0.583. The summed E-state index contributed by atoms with van der Waals surface area (Å²) in [5, 5.41) is 9.40. The second-order valence-electron chi connectivity index (χ2n) is 5.11. The topological polar surface area (TPSA) is 118 Å². The Morgan fingerprint density at radius 1 is 1.38 bits per heavy atom. The molecular formula is C12H15N5O4. The maximum absolute atomic E-state index is 9.40. The minimum Gasteiger partial charge on any atom is -0.394 e. The molecule has 9 heteroatoms. The van der Waals surface area contributed by atoms with Gasteiger partial charge >= 0.3 is 0 Å². The minimum absolute atomic E-state index is 0.135. The van der Waals surface area contributed by atoms with Gasteiger partial charge in [0.2, 0.25) is 0 Å². The quantitative estimate of drug-likeness (QED) is 0.750. The number of fused-ring (bicyclic) bond motifs is 2. The Kier molecular flexibility index (Phi) is 2.82. The van der Waals surface area contributed by atoms with Gasteiger partial charge in [0, 0.05) is 0 Å². The average molecular weight is 293 g/mol. The Labute approximate surface area is 119 Å². The van der Waals surface area contributed by atoms with Crippen LogP contribution in [0.2, 0.25) is 0 Å². The molecule has 4 heterocycles. The van der Waals surface area contributed by atoms with Gasteiger partial charge in [0.05, 0.1) is 12.9 Å². The molecule has 2 unspecified atom stereocenters. The summed E-state index contributed by atoms with van der Waals surface area (Å²) in [4.78, 5) is 12.7. The zero-order chi connectivity index (χ0) is 14.6. The van der Waals surface area contributed by atoms with Gasteiger partial charge in [-0.15, -0.1) is 0 Å². The molecule has 2 aromatic rings. The average Bonchev–Trinajstić information content (AvgIpc) is 3.11. The highest BCUT2D eigenvalue weighted by molar-refractivity contribution is 5.81. The first-order valence-corrected chi connectivity index (χ1v) is 6.65. The van der Waals surface area contributed by atoms with Gasteiger partial charge in [-0.3, -0.25) is 4.57 Å². The Morgan fingerprint density at radius 2 is 2.19 bits per heavy atom. The first-order valence-electron chi connectivity index (χ1n) is 6.65. The number of hydrogen-bond donors (Lipinski definition) is 2. The second-order valence-corrected chi connectivity index (χ2v) is 5.11. The van der Waals surface area contributed by atoms with Crippen LogP contribution >= 0.6 is 0 Å². The summed E-state index contributed by atoms with van der Waals surface area (Å²) in [7, 11) is 0. The molecule has 0 radical (unpaired) electrons. The van der Waals surface area contributed by atoms with Crippen LogP contribution in [0.4, 0.5) is 5.82 Å². The van der Waals surface area contributed by atoms with E-state index in [0.717, 1.165) is 0 Å². The molecule has 0 saturated carbocycles. The van der Waals surface area contributed by atoms with Crippen LogP contribution in [-0.2, 0) is 14.2 Å². The van der Waals surface area contributed by atoms with Gasteiger partial charge in [0.15, 0.2) is 17.7 Å². The number of nitrogens with zero attached hydrogens (tertiary/aromatic N) is 4. The number of nitrogen functional groups attached to an aromatic ring is 1. The van der Waals surface area contributed by atoms with Gasteiger partial charge in [0.25, 0.3) is 0 Å². The molecule has 0 aromatic carbocycles. The summed E-state index contributed by atoms with van der Waals surface area (Å²) in [6.45, 7) is 1.81. The highest BCUT2D eigenvalue weighted by Gasteiger charge is 2.50. The molecule has 4 atom stereocenters. The van der Waals surface area contributed by atoms with Crippen LogP contribution < -0.4 is 5.73 Å². The van der Waals surface area contributed by atoms with Crippen LogP contribution in [0.25, 0.3) is 11.2 Å². The second kappa shape index (κ2) is 4.60. The molecule has 0 amide bonds.